The minimum absolute atomic E-state index is 0.169. The number of benzene rings is 1. The summed E-state index contributed by atoms with van der Waals surface area (Å²) in [5.41, 5.74) is 0.722. The number of phenolic OH excluding ortho intramolecular Hbond substituents is 1. The molecule has 0 aliphatic heterocycles. The van der Waals surface area contributed by atoms with Gasteiger partial charge in [0.05, 0.1) is 13.7 Å². The van der Waals surface area contributed by atoms with E-state index >= 15 is 0 Å². The van der Waals surface area contributed by atoms with Gasteiger partial charge in [-0.25, -0.2) is 5.90 Å². The van der Waals surface area contributed by atoms with Gasteiger partial charge in [0, 0.05) is 5.56 Å². The van der Waals surface area contributed by atoms with Crippen molar-refractivity contribution in [1.29, 1.82) is 0 Å². The van der Waals surface area contributed by atoms with Crippen LogP contribution in [0.1, 0.15) is 5.56 Å². The smallest absolute Gasteiger partial charge is 0.124 e. The van der Waals surface area contributed by atoms with Gasteiger partial charge in [-0.15, -0.1) is 0 Å². The summed E-state index contributed by atoms with van der Waals surface area (Å²) in [5.74, 6) is 5.72. The number of phenols is 1. The van der Waals surface area contributed by atoms with E-state index < -0.39 is 0 Å². The maximum atomic E-state index is 9.11. The van der Waals surface area contributed by atoms with Crippen LogP contribution in [0, 0.1) is 0 Å². The van der Waals surface area contributed by atoms with Crippen LogP contribution in [-0.4, -0.2) is 12.2 Å². The van der Waals surface area contributed by atoms with Gasteiger partial charge in [0.1, 0.15) is 11.5 Å². The Kier molecular flexibility index (Phi) is 2.90. The minimum Gasteiger partial charge on any atom is -0.508 e. The monoisotopic (exact) mass is 169 g/mol. The number of hydrogen-bond acceptors (Lipinski definition) is 4. The average Bonchev–Trinajstić information content (AvgIpc) is 2.05. The molecule has 0 bridgehead atoms. The van der Waals surface area contributed by atoms with Crippen LogP contribution in [-0.2, 0) is 11.4 Å². The quantitative estimate of drug-likeness (QED) is 0.656. The number of aromatic hydroxyl groups is 1. The van der Waals surface area contributed by atoms with Crippen LogP contribution in [0.2, 0.25) is 0 Å². The van der Waals surface area contributed by atoms with E-state index in [2.05, 4.69) is 4.84 Å². The summed E-state index contributed by atoms with van der Waals surface area (Å²) >= 11 is 0. The number of nitrogens with two attached hydrogens (primary N) is 1. The van der Waals surface area contributed by atoms with Crippen LogP contribution >= 0.6 is 0 Å². The van der Waals surface area contributed by atoms with Gasteiger partial charge in [-0.2, -0.15) is 0 Å². The molecule has 0 atom stereocenters. The van der Waals surface area contributed by atoms with Crippen molar-refractivity contribution in [3.05, 3.63) is 23.8 Å². The summed E-state index contributed by atoms with van der Waals surface area (Å²) in [6.45, 7) is 0.220. The Morgan fingerprint density at radius 3 is 2.83 bits per heavy atom. The van der Waals surface area contributed by atoms with Gasteiger partial charge >= 0.3 is 0 Å². The highest BCUT2D eigenvalue weighted by atomic mass is 16.6. The topological polar surface area (TPSA) is 64.7 Å². The van der Waals surface area contributed by atoms with Crippen molar-refractivity contribution < 1.29 is 14.7 Å². The second-order valence-electron chi connectivity index (χ2n) is 2.31. The van der Waals surface area contributed by atoms with Gasteiger partial charge in [0.15, 0.2) is 0 Å². The van der Waals surface area contributed by atoms with Crippen molar-refractivity contribution in [2.24, 2.45) is 5.90 Å². The highest BCUT2D eigenvalue weighted by molar-refractivity contribution is 5.39. The van der Waals surface area contributed by atoms with Gasteiger partial charge in [-0.3, -0.25) is 4.84 Å². The van der Waals surface area contributed by atoms with Crippen LogP contribution in [0.15, 0.2) is 18.2 Å². The first-order valence-electron chi connectivity index (χ1n) is 3.45. The number of hydrogen-bond donors (Lipinski definition) is 2. The summed E-state index contributed by atoms with van der Waals surface area (Å²) in [6.07, 6.45) is 0. The van der Waals surface area contributed by atoms with Crippen LogP contribution in [0.5, 0.6) is 11.5 Å². The molecule has 0 saturated carbocycles. The molecular formula is C8H11NO3. The van der Waals surface area contributed by atoms with E-state index in [-0.39, 0.29) is 12.4 Å². The largest absolute Gasteiger partial charge is 0.508 e. The normalized spacial score (nSPS) is 9.83. The molecule has 0 aliphatic rings. The van der Waals surface area contributed by atoms with E-state index in [1.807, 2.05) is 0 Å². The second-order valence-corrected chi connectivity index (χ2v) is 2.31. The molecule has 4 heteroatoms. The van der Waals surface area contributed by atoms with Gasteiger partial charge in [-0.05, 0) is 18.2 Å². The SMILES string of the molecule is COc1ccc(O)cc1CON. The number of ether oxygens (including phenoxy) is 1. The lowest BCUT2D eigenvalue weighted by Crippen LogP contribution is -2.00. The van der Waals surface area contributed by atoms with Crippen LogP contribution in [0.3, 0.4) is 0 Å². The Morgan fingerprint density at radius 2 is 2.25 bits per heavy atom. The van der Waals surface area contributed by atoms with Crippen molar-refractivity contribution in [3.63, 3.8) is 0 Å². The van der Waals surface area contributed by atoms with Crippen molar-refractivity contribution in [3.8, 4) is 11.5 Å². The summed E-state index contributed by atoms with van der Waals surface area (Å²) in [7, 11) is 1.55. The van der Waals surface area contributed by atoms with Gasteiger partial charge in [0.2, 0.25) is 0 Å². The molecule has 0 aromatic heterocycles. The van der Waals surface area contributed by atoms with Gasteiger partial charge < -0.3 is 9.84 Å². The number of rotatable bonds is 3. The lowest BCUT2D eigenvalue weighted by atomic mass is 10.2. The standard InChI is InChI=1S/C8H11NO3/c1-11-8-3-2-7(10)4-6(8)5-12-9/h2-4,10H,5,9H2,1H3. The predicted octanol–water partition coefficient (Wildman–Crippen LogP) is 0.791. The molecule has 12 heavy (non-hydrogen) atoms. The lowest BCUT2D eigenvalue weighted by molar-refractivity contribution is 0.122. The van der Waals surface area contributed by atoms with Gasteiger partial charge in [-0.1, -0.05) is 0 Å². The molecule has 0 radical (unpaired) electrons. The summed E-state index contributed by atoms with van der Waals surface area (Å²) < 4.78 is 5.01. The van der Waals surface area contributed by atoms with E-state index in [0.29, 0.717) is 5.75 Å². The Hall–Kier alpha value is -1.26. The average molecular weight is 169 g/mol. The Balaban J connectivity index is 2.95. The molecule has 1 aromatic rings. The van der Waals surface area contributed by atoms with Crippen LogP contribution in [0.25, 0.3) is 0 Å². The molecule has 0 aliphatic carbocycles. The van der Waals surface area contributed by atoms with Crippen molar-refractivity contribution in [2.45, 2.75) is 6.61 Å². The van der Waals surface area contributed by atoms with E-state index in [9.17, 15) is 0 Å². The summed E-state index contributed by atoms with van der Waals surface area (Å²) in [4.78, 5) is 4.43. The predicted molar refractivity (Wildman–Crippen MR) is 43.6 cm³/mol. The van der Waals surface area contributed by atoms with E-state index in [1.165, 1.54) is 0 Å². The van der Waals surface area contributed by atoms with Gasteiger partial charge in [0.25, 0.3) is 0 Å². The molecule has 0 amide bonds. The third kappa shape index (κ3) is 1.87. The lowest BCUT2D eigenvalue weighted by Gasteiger charge is -2.06. The zero-order chi connectivity index (χ0) is 8.97. The third-order valence-corrected chi connectivity index (χ3v) is 1.50. The highest BCUT2D eigenvalue weighted by Gasteiger charge is 2.02. The molecule has 1 aromatic carbocycles. The van der Waals surface area contributed by atoms with E-state index in [4.69, 9.17) is 15.7 Å². The maximum Gasteiger partial charge on any atom is 0.124 e. The second kappa shape index (κ2) is 3.94. The first-order valence-corrected chi connectivity index (χ1v) is 3.45. The molecule has 4 nitrogen and oxygen atoms in total. The Labute approximate surface area is 70.5 Å². The highest BCUT2D eigenvalue weighted by Crippen LogP contribution is 2.23. The molecule has 3 N–H and O–H groups in total. The zero-order valence-electron chi connectivity index (χ0n) is 6.78. The molecular weight excluding hydrogens is 158 g/mol. The Bertz CT molecular complexity index is 262. The summed E-state index contributed by atoms with van der Waals surface area (Å²) in [6, 6.07) is 4.74. The number of methoxy groups -OCH3 is 1. The molecule has 0 spiro atoms. The fraction of sp³-hybridized carbons (Fsp3) is 0.250. The fourth-order valence-electron chi connectivity index (χ4n) is 0.968. The molecule has 0 fully saturated rings. The van der Waals surface area contributed by atoms with Crippen LogP contribution < -0.4 is 10.6 Å². The summed E-state index contributed by atoms with van der Waals surface area (Å²) in [5, 5.41) is 9.11. The van der Waals surface area contributed by atoms with Crippen molar-refractivity contribution in [2.75, 3.05) is 7.11 Å². The first-order chi connectivity index (χ1) is 5.77. The fourth-order valence-corrected chi connectivity index (χ4v) is 0.968. The van der Waals surface area contributed by atoms with Crippen LogP contribution in [0.4, 0.5) is 0 Å². The van der Waals surface area contributed by atoms with E-state index in [0.717, 1.165) is 5.56 Å². The Morgan fingerprint density at radius 1 is 1.50 bits per heavy atom. The maximum absolute atomic E-state index is 9.11. The first kappa shape index (κ1) is 8.83. The molecule has 0 heterocycles. The molecule has 66 valence electrons. The molecule has 0 saturated heterocycles. The molecule has 1 rings (SSSR count). The van der Waals surface area contributed by atoms with E-state index in [1.54, 1.807) is 25.3 Å². The third-order valence-electron chi connectivity index (χ3n) is 1.50. The minimum atomic E-state index is 0.169. The van der Waals surface area contributed by atoms with Crippen molar-refractivity contribution >= 4 is 0 Å². The molecule has 0 unspecified atom stereocenters. The van der Waals surface area contributed by atoms with Crippen molar-refractivity contribution in [1.82, 2.24) is 0 Å². The zero-order valence-corrected chi connectivity index (χ0v) is 6.78.